The number of hydrogen-bond donors (Lipinski definition) is 3. The lowest BCUT2D eigenvalue weighted by atomic mass is 10.1. The smallest absolute Gasteiger partial charge is 0.224 e. The minimum absolute atomic E-state index is 0.0762. The molecular formula is C20H24N2O3. The monoisotopic (exact) mass is 340 g/mol. The van der Waals surface area contributed by atoms with E-state index in [4.69, 9.17) is 0 Å². The van der Waals surface area contributed by atoms with Crippen molar-refractivity contribution in [1.82, 2.24) is 0 Å². The summed E-state index contributed by atoms with van der Waals surface area (Å²) in [5.41, 5.74) is 2.56. The van der Waals surface area contributed by atoms with Gasteiger partial charge in [-0.15, -0.1) is 0 Å². The lowest BCUT2D eigenvalue weighted by molar-refractivity contribution is -0.116. The lowest BCUT2D eigenvalue weighted by Gasteiger charge is -2.32. The van der Waals surface area contributed by atoms with Crippen LogP contribution in [0.2, 0.25) is 0 Å². The van der Waals surface area contributed by atoms with E-state index >= 15 is 0 Å². The summed E-state index contributed by atoms with van der Waals surface area (Å²) in [6.07, 6.45) is 2.07. The highest BCUT2D eigenvalue weighted by Gasteiger charge is 2.19. The molecule has 0 unspecified atom stereocenters. The minimum Gasteiger partial charge on any atom is -0.508 e. The Bertz CT molecular complexity index is 724. The molecule has 0 aliphatic carbocycles. The topological polar surface area (TPSA) is 72.8 Å². The summed E-state index contributed by atoms with van der Waals surface area (Å²) in [5, 5.41) is 22.4. The van der Waals surface area contributed by atoms with E-state index in [1.54, 1.807) is 12.1 Å². The maximum atomic E-state index is 12.3. The summed E-state index contributed by atoms with van der Waals surface area (Å²) < 4.78 is 0. The third-order valence-corrected chi connectivity index (χ3v) is 4.60. The summed E-state index contributed by atoms with van der Waals surface area (Å²) in [5.74, 6) is 0.148. The van der Waals surface area contributed by atoms with Crippen LogP contribution >= 0.6 is 0 Å². The standard InChI is InChI=1S/C20H24N2O3/c23-16-11-13-22(14-12-16)18-7-3-2-6-17(18)21-20(25)10-9-15-5-1-4-8-19(15)24/h1-8,16,23-24H,9-14H2,(H,21,25). The first-order valence-corrected chi connectivity index (χ1v) is 8.72. The fourth-order valence-electron chi connectivity index (χ4n) is 3.14. The zero-order valence-electron chi connectivity index (χ0n) is 14.2. The predicted molar refractivity (Wildman–Crippen MR) is 99.0 cm³/mol. The van der Waals surface area contributed by atoms with Gasteiger partial charge in [0.05, 0.1) is 17.5 Å². The van der Waals surface area contributed by atoms with Crippen LogP contribution in [0.5, 0.6) is 5.75 Å². The Kier molecular flexibility index (Phi) is 5.56. The molecule has 0 atom stereocenters. The Morgan fingerprint density at radius 3 is 2.52 bits per heavy atom. The van der Waals surface area contributed by atoms with Crippen LogP contribution in [-0.4, -0.2) is 35.3 Å². The number of carbonyl (C=O) groups is 1. The highest BCUT2D eigenvalue weighted by Crippen LogP contribution is 2.28. The molecule has 1 aliphatic rings. The van der Waals surface area contributed by atoms with Gasteiger partial charge in [0.1, 0.15) is 5.75 Å². The van der Waals surface area contributed by atoms with Crippen LogP contribution in [-0.2, 0) is 11.2 Å². The normalized spacial score (nSPS) is 15.2. The number of aryl methyl sites for hydroxylation is 1. The van der Waals surface area contributed by atoms with Crippen LogP contribution in [0.3, 0.4) is 0 Å². The molecule has 0 saturated carbocycles. The van der Waals surface area contributed by atoms with E-state index < -0.39 is 0 Å². The van der Waals surface area contributed by atoms with Gasteiger partial charge in [0.2, 0.25) is 5.91 Å². The Balaban J connectivity index is 1.62. The molecule has 1 saturated heterocycles. The van der Waals surface area contributed by atoms with Crippen LogP contribution in [0.15, 0.2) is 48.5 Å². The van der Waals surface area contributed by atoms with Crippen molar-refractivity contribution in [3.05, 3.63) is 54.1 Å². The van der Waals surface area contributed by atoms with Gasteiger partial charge >= 0.3 is 0 Å². The predicted octanol–water partition coefficient (Wildman–Crippen LogP) is 2.92. The largest absolute Gasteiger partial charge is 0.508 e. The number of para-hydroxylation sites is 3. The van der Waals surface area contributed by atoms with Crippen molar-refractivity contribution in [3.63, 3.8) is 0 Å². The molecule has 1 amide bonds. The molecule has 25 heavy (non-hydrogen) atoms. The van der Waals surface area contributed by atoms with Crippen LogP contribution in [0, 0.1) is 0 Å². The van der Waals surface area contributed by atoms with Gasteiger partial charge in [0.15, 0.2) is 0 Å². The molecule has 2 aromatic carbocycles. The first-order chi connectivity index (χ1) is 12.1. The van der Waals surface area contributed by atoms with Crippen molar-refractivity contribution in [2.75, 3.05) is 23.3 Å². The number of benzene rings is 2. The molecular weight excluding hydrogens is 316 g/mol. The zero-order chi connectivity index (χ0) is 17.6. The number of amides is 1. The quantitative estimate of drug-likeness (QED) is 0.782. The van der Waals surface area contributed by atoms with Crippen molar-refractivity contribution in [1.29, 1.82) is 0 Å². The second kappa shape index (κ2) is 8.03. The first-order valence-electron chi connectivity index (χ1n) is 8.72. The fraction of sp³-hybridized carbons (Fsp3) is 0.350. The maximum Gasteiger partial charge on any atom is 0.224 e. The number of anilines is 2. The van der Waals surface area contributed by atoms with E-state index in [2.05, 4.69) is 10.2 Å². The average Bonchev–Trinajstić information content (AvgIpc) is 2.62. The van der Waals surface area contributed by atoms with Gasteiger partial charge in [-0.3, -0.25) is 4.79 Å². The molecule has 0 spiro atoms. The number of phenolic OH excluding ortho intramolecular Hbond substituents is 1. The van der Waals surface area contributed by atoms with Crippen molar-refractivity contribution in [2.45, 2.75) is 31.8 Å². The van der Waals surface area contributed by atoms with Crippen molar-refractivity contribution < 1.29 is 15.0 Å². The SMILES string of the molecule is O=C(CCc1ccccc1O)Nc1ccccc1N1CCC(O)CC1. The number of aliphatic hydroxyl groups is 1. The molecule has 1 aliphatic heterocycles. The third kappa shape index (κ3) is 4.51. The van der Waals surface area contributed by atoms with Crippen LogP contribution in [0.25, 0.3) is 0 Å². The van der Waals surface area contributed by atoms with Crippen LogP contribution < -0.4 is 10.2 Å². The van der Waals surface area contributed by atoms with Gasteiger partial charge in [-0.25, -0.2) is 0 Å². The second-order valence-corrected chi connectivity index (χ2v) is 6.41. The van der Waals surface area contributed by atoms with Gasteiger partial charge in [-0.05, 0) is 43.0 Å². The summed E-state index contributed by atoms with van der Waals surface area (Å²) in [6.45, 7) is 1.57. The molecule has 3 rings (SSSR count). The molecule has 3 N–H and O–H groups in total. The summed E-state index contributed by atoms with van der Waals surface area (Å²) in [4.78, 5) is 14.5. The zero-order valence-corrected chi connectivity index (χ0v) is 14.2. The fourth-order valence-corrected chi connectivity index (χ4v) is 3.14. The van der Waals surface area contributed by atoms with E-state index in [1.165, 1.54) is 0 Å². The number of nitrogens with one attached hydrogen (secondary N) is 1. The lowest BCUT2D eigenvalue weighted by Crippen LogP contribution is -2.36. The molecule has 0 bridgehead atoms. The highest BCUT2D eigenvalue weighted by atomic mass is 16.3. The second-order valence-electron chi connectivity index (χ2n) is 6.41. The van der Waals surface area contributed by atoms with Crippen LogP contribution in [0.4, 0.5) is 11.4 Å². The number of carbonyl (C=O) groups excluding carboxylic acids is 1. The first kappa shape index (κ1) is 17.3. The molecule has 2 aromatic rings. The summed E-state index contributed by atoms with van der Waals surface area (Å²) in [7, 11) is 0. The van der Waals surface area contributed by atoms with Crippen molar-refractivity contribution in [2.24, 2.45) is 0 Å². The van der Waals surface area contributed by atoms with E-state index in [0.29, 0.717) is 12.8 Å². The maximum absolute atomic E-state index is 12.3. The number of rotatable bonds is 5. The number of piperidine rings is 1. The van der Waals surface area contributed by atoms with Gasteiger partial charge < -0.3 is 20.4 Å². The number of aliphatic hydroxyl groups excluding tert-OH is 1. The number of hydrogen-bond acceptors (Lipinski definition) is 4. The Morgan fingerprint density at radius 1 is 1.08 bits per heavy atom. The molecule has 5 nitrogen and oxygen atoms in total. The van der Waals surface area contributed by atoms with Crippen molar-refractivity contribution >= 4 is 17.3 Å². The van der Waals surface area contributed by atoms with E-state index in [0.717, 1.165) is 42.9 Å². The van der Waals surface area contributed by atoms with Crippen molar-refractivity contribution in [3.8, 4) is 5.75 Å². The van der Waals surface area contributed by atoms with E-state index in [1.807, 2.05) is 36.4 Å². The Labute approximate surface area is 147 Å². The molecule has 132 valence electrons. The third-order valence-electron chi connectivity index (χ3n) is 4.60. The van der Waals surface area contributed by atoms with Gasteiger partial charge in [-0.1, -0.05) is 30.3 Å². The van der Waals surface area contributed by atoms with E-state index in [9.17, 15) is 15.0 Å². The molecule has 0 radical (unpaired) electrons. The summed E-state index contributed by atoms with van der Waals surface area (Å²) in [6, 6.07) is 14.8. The van der Waals surface area contributed by atoms with Gasteiger partial charge in [-0.2, -0.15) is 0 Å². The number of nitrogens with zero attached hydrogens (tertiary/aromatic N) is 1. The Hall–Kier alpha value is -2.53. The van der Waals surface area contributed by atoms with Gasteiger partial charge in [0, 0.05) is 19.5 Å². The minimum atomic E-state index is -0.225. The number of aromatic hydroxyl groups is 1. The molecule has 1 fully saturated rings. The number of phenols is 1. The molecule has 5 heteroatoms. The molecule has 1 heterocycles. The average molecular weight is 340 g/mol. The van der Waals surface area contributed by atoms with E-state index in [-0.39, 0.29) is 17.8 Å². The summed E-state index contributed by atoms with van der Waals surface area (Å²) >= 11 is 0. The van der Waals surface area contributed by atoms with Gasteiger partial charge in [0.25, 0.3) is 0 Å². The highest BCUT2D eigenvalue weighted by molar-refractivity contribution is 5.94. The molecule has 0 aromatic heterocycles. The Morgan fingerprint density at radius 2 is 1.76 bits per heavy atom. The van der Waals surface area contributed by atoms with Crippen LogP contribution in [0.1, 0.15) is 24.8 Å².